The SMILES string of the molecule is COc1ccc(C(C)(C)[C@@H]2[C@@H](CCn3cc([C@H](O)c4ccccc4)nn3)O[C@]3(C(=O)N(Cc4ccccc4)c4ccc(N5C(=O)COc6ccccc65)cc43)[C@H]2C)cc1. The molecular weight excluding hydrogens is 743 g/mol. The van der Waals surface area contributed by atoms with E-state index in [2.05, 4.69) is 43.2 Å². The first-order valence-electron chi connectivity index (χ1n) is 20.1. The lowest BCUT2D eigenvalue weighted by Crippen LogP contribution is -2.45. The zero-order valence-electron chi connectivity index (χ0n) is 33.6. The highest BCUT2D eigenvalue weighted by Gasteiger charge is 2.66. The van der Waals surface area contributed by atoms with Gasteiger partial charge in [-0.2, -0.15) is 0 Å². The van der Waals surface area contributed by atoms with Crippen molar-refractivity contribution in [3.05, 3.63) is 162 Å². The minimum Gasteiger partial charge on any atom is -0.497 e. The Morgan fingerprint density at radius 2 is 1.61 bits per heavy atom. The lowest BCUT2D eigenvalue weighted by atomic mass is 9.63. The van der Waals surface area contributed by atoms with E-state index in [4.69, 9.17) is 14.2 Å². The van der Waals surface area contributed by atoms with Gasteiger partial charge in [0.15, 0.2) is 12.2 Å². The molecule has 1 aromatic heterocycles. The summed E-state index contributed by atoms with van der Waals surface area (Å²) in [5.41, 5.74) is 4.15. The molecule has 3 aliphatic heterocycles. The van der Waals surface area contributed by atoms with E-state index in [1.54, 1.807) is 22.9 Å². The lowest BCUT2D eigenvalue weighted by molar-refractivity contribution is -0.146. The van der Waals surface area contributed by atoms with Crippen LogP contribution in [0.25, 0.3) is 0 Å². The number of nitrogens with zero attached hydrogens (tertiary/aromatic N) is 5. The molecule has 3 aliphatic rings. The fourth-order valence-electron chi connectivity index (χ4n) is 9.63. The first-order valence-corrected chi connectivity index (χ1v) is 20.1. The summed E-state index contributed by atoms with van der Waals surface area (Å²) in [5.74, 6) is 0.536. The Balaban J connectivity index is 1.14. The molecular formula is C48H47N5O6. The summed E-state index contributed by atoms with van der Waals surface area (Å²) >= 11 is 0. The summed E-state index contributed by atoms with van der Waals surface area (Å²) in [5, 5.41) is 19.8. The Labute approximate surface area is 343 Å². The molecule has 11 nitrogen and oxygen atoms in total. The summed E-state index contributed by atoms with van der Waals surface area (Å²) < 4.78 is 20.5. The second-order valence-corrected chi connectivity index (χ2v) is 16.2. The number of carbonyl (C=O) groups excluding carboxylic acids is 2. The summed E-state index contributed by atoms with van der Waals surface area (Å²) in [6, 6.07) is 40.8. The van der Waals surface area contributed by atoms with Crippen LogP contribution in [-0.2, 0) is 38.4 Å². The molecule has 2 amide bonds. The molecule has 300 valence electrons. The monoisotopic (exact) mass is 789 g/mol. The van der Waals surface area contributed by atoms with E-state index in [1.807, 2.05) is 120 Å². The Morgan fingerprint density at radius 1 is 0.898 bits per heavy atom. The van der Waals surface area contributed by atoms with Crippen LogP contribution in [-0.4, -0.2) is 51.7 Å². The molecule has 1 fully saturated rings. The van der Waals surface area contributed by atoms with Crippen LogP contribution in [0.4, 0.5) is 17.1 Å². The number of ether oxygens (including phenoxy) is 3. The third-order valence-corrected chi connectivity index (χ3v) is 12.6. The van der Waals surface area contributed by atoms with Crippen molar-refractivity contribution < 1.29 is 28.9 Å². The standard InChI is InChI=1S/C48H47N5O6/c1-31-44(47(2,3)34-19-22-36(57-4)23-20-34)42(25-26-51-29-38(49-50-51)45(55)33-15-9-6-10-16-33)59-48(31)37-27-35(53-40-17-11-12-18-41(40)58-30-43(53)54)21-24-39(37)52(46(48)56)28-32-13-7-5-8-14-32/h5-24,27,29,31,42,44-45,55H,25-26,28,30H2,1-4H3/t31-,42+,44-,45+,48+/m0/s1. The van der Waals surface area contributed by atoms with Crippen molar-refractivity contribution in [3.8, 4) is 11.5 Å². The van der Waals surface area contributed by atoms with Crippen LogP contribution in [0.2, 0.25) is 0 Å². The second kappa shape index (κ2) is 15.1. The van der Waals surface area contributed by atoms with Gasteiger partial charge >= 0.3 is 0 Å². The average Bonchev–Trinajstić information content (AvgIpc) is 3.93. The zero-order chi connectivity index (χ0) is 40.9. The number of methoxy groups -OCH3 is 1. The molecule has 5 aromatic carbocycles. The van der Waals surface area contributed by atoms with E-state index in [9.17, 15) is 9.90 Å². The molecule has 5 atom stereocenters. The smallest absolute Gasteiger partial charge is 0.269 e. The largest absolute Gasteiger partial charge is 0.497 e. The van der Waals surface area contributed by atoms with E-state index in [-0.39, 0.29) is 30.3 Å². The third-order valence-electron chi connectivity index (χ3n) is 12.6. The number of amides is 2. The van der Waals surface area contributed by atoms with Crippen LogP contribution in [0.3, 0.4) is 0 Å². The number of aliphatic hydroxyl groups excluding tert-OH is 1. The number of aromatic nitrogens is 3. The molecule has 9 rings (SSSR count). The van der Waals surface area contributed by atoms with Crippen LogP contribution in [0.15, 0.2) is 134 Å². The Hall–Kier alpha value is -6.30. The number of aliphatic hydroxyl groups is 1. The molecule has 4 heterocycles. The predicted molar refractivity (Wildman–Crippen MR) is 224 cm³/mol. The van der Waals surface area contributed by atoms with Gasteiger partial charge < -0.3 is 24.2 Å². The number of hydrogen-bond acceptors (Lipinski definition) is 8. The van der Waals surface area contributed by atoms with E-state index in [0.29, 0.717) is 42.3 Å². The molecule has 0 bridgehead atoms. The maximum absolute atomic E-state index is 15.5. The lowest BCUT2D eigenvalue weighted by Gasteiger charge is -2.39. The van der Waals surface area contributed by atoms with Crippen molar-refractivity contribution in [2.24, 2.45) is 11.8 Å². The summed E-state index contributed by atoms with van der Waals surface area (Å²) in [6.45, 7) is 7.26. The Morgan fingerprint density at radius 3 is 2.36 bits per heavy atom. The van der Waals surface area contributed by atoms with Crippen molar-refractivity contribution in [1.82, 2.24) is 15.0 Å². The first-order chi connectivity index (χ1) is 28.6. The van der Waals surface area contributed by atoms with Gasteiger partial charge in [-0.15, -0.1) is 5.10 Å². The third kappa shape index (κ3) is 6.54. The number of carbonyl (C=O) groups is 2. The van der Waals surface area contributed by atoms with E-state index in [1.165, 1.54) is 0 Å². The molecule has 6 aromatic rings. The molecule has 0 radical (unpaired) electrons. The number of hydrogen-bond donors (Lipinski definition) is 1. The van der Waals surface area contributed by atoms with Gasteiger partial charge in [-0.25, -0.2) is 0 Å². The molecule has 0 saturated carbocycles. The topological polar surface area (TPSA) is 119 Å². The minimum absolute atomic E-state index is 0.0994. The van der Waals surface area contributed by atoms with Gasteiger partial charge in [0, 0.05) is 29.6 Å². The van der Waals surface area contributed by atoms with Crippen LogP contribution in [0, 0.1) is 11.8 Å². The van der Waals surface area contributed by atoms with Crippen molar-refractivity contribution in [2.75, 3.05) is 23.5 Å². The van der Waals surface area contributed by atoms with Gasteiger partial charge in [-0.05, 0) is 71.0 Å². The Kier molecular flexibility index (Phi) is 9.81. The van der Waals surface area contributed by atoms with Crippen molar-refractivity contribution >= 4 is 28.9 Å². The van der Waals surface area contributed by atoms with Crippen molar-refractivity contribution in [3.63, 3.8) is 0 Å². The highest BCUT2D eigenvalue weighted by Crippen LogP contribution is 2.60. The van der Waals surface area contributed by atoms with Crippen molar-refractivity contribution in [2.45, 2.75) is 63.5 Å². The fourth-order valence-corrected chi connectivity index (χ4v) is 9.63. The van der Waals surface area contributed by atoms with E-state index >= 15 is 4.79 Å². The number of fused-ring (bicyclic) bond motifs is 3. The van der Waals surface area contributed by atoms with Gasteiger partial charge in [0.2, 0.25) is 0 Å². The molecule has 1 saturated heterocycles. The highest BCUT2D eigenvalue weighted by atomic mass is 16.5. The number of anilines is 3. The van der Waals surface area contributed by atoms with Gasteiger partial charge in [0.05, 0.1) is 37.3 Å². The van der Waals surface area contributed by atoms with Crippen LogP contribution < -0.4 is 19.3 Å². The summed E-state index contributed by atoms with van der Waals surface area (Å²) in [7, 11) is 1.66. The molecule has 59 heavy (non-hydrogen) atoms. The molecule has 1 spiro atoms. The van der Waals surface area contributed by atoms with Crippen LogP contribution in [0.5, 0.6) is 11.5 Å². The maximum atomic E-state index is 15.5. The van der Waals surface area contributed by atoms with Crippen LogP contribution in [0.1, 0.15) is 61.2 Å². The number of para-hydroxylation sites is 2. The first kappa shape index (κ1) is 38.2. The Bertz CT molecular complexity index is 2490. The molecule has 0 aliphatic carbocycles. The van der Waals surface area contributed by atoms with Gasteiger partial charge in [0.1, 0.15) is 23.3 Å². The predicted octanol–water partition coefficient (Wildman–Crippen LogP) is 7.89. The number of aryl methyl sites for hydroxylation is 1. The number of benzene rings is 5. The molecule has 1 N–H and O–H groups in total. The number of rotatable bonds is 11. The maximum Gasteiger partial charge on any atom is 0.269 e. The van der Waals surface area contributed by atoms with E-state index in [0.717, 1.165) is 33.7 Å². The average molecular weight is 790 g/mol. The second-order valence-electron chi connectivity index (χ2n) is 16.2. The zero-order valence-corrected chi connectivity index (χ0v) is 33.6. The van der Waals surface area contributed by atoms with Gasteiger partial charge in [0.25, 0.3) is 11.8 Å². The highest BCUT2D eigenvalue weighted by molar-refractivity contribution is 6.09. The van der Waals surface area contributed by atoms with Gasteiger partial charge in [-0.1, -0.05) is 111 Å². The van der Waals surface area contributed by atoms with Gasteiger partial charge in [-0.3, -0.25) is 19.2 Å². The van der Waals surface area contributed by atoms with E-state index < -0.39 is 23.2 Å². The summed E-state index contributed by atoms with van der Waals surface area (Å²) in [4.78, 5) is 32.7. The normalized spacial score (nSPS) is 21.7. The molecule has 0 unspecified atom stereocenters. The fraction of sp³-hybridized carbons (Fsp3) is 0.292. The van der Waals surface area contributed by atoms with Crippen molar-refractivity contribution in [1.29, 1.82) is 0 Å². The molecule has 11 heteroatoms. The van der Waals surface area contributed by atoms with Crippen LogP contribution >= 0.6 is 0 Å². The quantitative estimate of drug-likeness (QED) is 0.141. The summed E-state index contributed by atoms with van der Waals surface area (Å²) in [6.07, 6.45) is 0.949. The minimum atomic E-state index is -1.38.